The highest BCUT2D eigenvalue weighted by molar-refractivity contribution is 7.90. The molecule has 0 aliphatic carbocycles. The molecule has 0 unspecified atom stereocenters. The highest BCUT2D eigenvalue weighted by atomic mass is 32.2. The fraction of sp³-hybridized carbons (Fsp3) is 0.190. The van der Waals surface area contributed by atoms with Crippen molar-refractivity contribution in [1.82, 2.24) is 4.57 Å². The van der Waals surface area contributed by atoms with Gasteiger partial charge in [0.15, 0.2) is 31.7 Å². The van der Waals surface area contributed by atoms with Crippen molar-refractivity contribution in [3.8, 4) is 5.75 Å². The first kappa shape index (κ1) is 21.8. The first-order valence-electron chi connectivity index (χ1n) is 9.27. The van der Waals surface area contributed by atoms with Gasteiger partial charge in [-0.3, -0.25) is 9.59 Å². The highest BCUT2D eigenvalue weighted by Gasteiger charge is 2.18. The Morgan fingerprint density at radius 3 is 2.62 bits per heavy atom. The van der Waals surface area contributed by atoms with E-state index in [2.05, 4.69) is 4.99 Å². The number of hydrogen-bond acceptors (Lipinski definition) is 8. The van der Waals surface area contributed by atoms with E-state index < -0.39 is 21.7 Å². The van der Waals surface area contributed by atoms with E-state index in [-0.39, 0.29) is 22.0 Å². The molecule has 0 atom stereocenters. The van der Waals surface area contributed by atoms with Crippen LogP contribution in [0.25, 0.3) is 21.2 Å². The number of aromatic nitrogens is 1. The fourth-order valence-electron chi connectivity index (χ4n) is 3.16. The summed E-state index contributed by atoms with van der Waals surface area (Å²) in [6.45, 7) is -0.200. The largest absolute Gasteiger partial charge is 0.493 e. The number of para-hydroxylation sites is 1. The Morgan fingerprint density at radius 1 is 1.16 bits per heavy atom. The third-order valence-corrected chi connectivity index (χ3v) is 6.88. The van der Waals surface area contributed by atoms with Gasteiger partial charge in [0, 0.05) is 11.6 Å². The Bertz CT molecular complexity index is 1540. The molecule has 11 heteroatoms. The second-order valence-electron chi connectivity index (χ2n) is 6.85. The first-order valence-corrected chi connectivity index (χ1v) is 12.0. The normalized spacial score (nSPS) is 12.4. The molecule has 0 bridgehead atoms. The molecule has 0 fully saturated rings. The number of benzene rings is 2. The number of rotatable bonds is 5. The summed E-state index contributed by atoms with van der Waals surface area (Å²) in [7, 11) is -0.678. The summed E-state index contributed by atoms with van der Waals surface area (Å²) in [4.78, 5) is 29.3. The van der Waals surface area contributed by atoms with E-state index in [1.807, 2.05) is 0 Å². The second-order valence-corrected chi connectivity index (χ2v) is 9.88. The topological polar surface area (TPSA) is 117 Å². The molecular formula is C21H18N2O7S2. The van der Waals surface area contributed by atoms with E-state index in [1.165, 1.54) is 30.9 Å². The Labute approximate surface area is 186 Å². The predicted octanol–water partition coefficient (Wildman–Crippen LogP) is 2.78. The molecule has 4 aromatic rings. The Morgan fingerprint density at radius 2 is 1.94 bits per heavy atom. The number of carbonyl (C=O) groups is 2. The number of furan rings is 1. The molecule has 0 aliphatic heterocycles. The number of thiazole rings is 1. The molecule has 0 N–H and O–H groups in total. The van der Waals surface area contributed by atoms with Crippen LogP contribution in [0.1, 0.15) is 10.6 Å². The van der Waals surface area contributed by atoms with Crippen LogP contribution >= 0.6 is 11.3 Å². The zero-order chi connectivity index (χ0) is 23.0. The summed E-state index contributed by atoms with van der Waals surface area (Å²) in [5.74, 6) is -0.711. The van der Waals surface area contributed by atoms with E-state index in [1.54, 1.807) is 30.3 Å². The van der Waals surface area contributed by atoms with Crippen LogP contribution in [0.4, 0.5) is 0 Å². The molecule has 9 nitrogen and oxygen atoms in total. The minimum Gasteiger partial charge on any atom is -0.493 e. The van der Waals surface area contributed by atoms with Crippen LogP contribution in [-0.2, 0) is 25.9 Å². The van der Waals surface area contributed by atoms with E-state index in [0.717, 1.165) is 17.6 Å². The van der Waals surface area contributed by atoms with Crippen molar-refractivity contribution < 1.29 is 31.9 Å². The quantitative estimate of drug-likeness (QED) is 0.408. The first-order chi connectivity index (χ1) is 15.2. The lowest BCUT2D eigenvalue weighted by Gasteiger charge is -2.04. The summed E-state index contributed by atoms with van der Waals surface area (Å²) in [5.41, 5.74) is 0.968. The average Bonchev–Trinajstić information content (AvgIpc) is 3.34. The Balaban J connectivity index is 1.87. The maximum Gasteiger partial charge on any atom is 0.325 e. The maximum atomic E-state index is 12.9. The van der Waals surface area contributed by atoms with Crippen molar-refractivity contribution in [3.05, 3.63) is 53.0 Å². The van der Waals surface area contributed by atoms with Gasteiger partial charge in [0.25, 0.3) is 0 Å². The number of carbonyl (C=O) groups excluding carboxylic acids is 2. The fourth-order valence-corrected chi connectivity index (χ4v) is 4.95. The lowest BCUT2D eigenvalue weighted by molar-refractivity contribution is -0.141. The summed E-state index contributed by atoms with van der Waals surface area (Å²) >= 11 is 1.08. The molecule has 32 heavy (non-hydrogen) atoms. The van der Waals surface area contributed by atoms with Gasteiger partial charge in [-0.1, -0.05) is 23.5 Å². The van der Waals surface area contributed by atoms with Crippen LogP contribution in [0.2, 0.25) is 0 Å². The highest BCUT2D eigenvalue weighted by Crippen LogP contribution is 2.29. The number of fused-ring (bicyclic) bond motifs is 2. The number of sulfone groups is 1. The van der Waals surface area contributed by atoms with Gasteiger partial charge in [0.05, 0.1) is 29.3 Å². The number of methoxy groups -OCH3 is 2. The molecule has 0 saturated carbocycles. The monoisotopic (exact) mass is 474 g/mol. The van der Waals surface area contributed by atoms with Gasteiger partial charge in [0.1, 0.15) is 6.54 Å². The predicted molar refractivity (Wildman–Crippen MR) is 118 cm³/mol. The zero-order valence-electron chi connectivity index (χ0n) is 17.3. The van der Waals surface area contributed by atoms with Gasteiger partial charge in [-0.15, -0.1) is 0 Å². The second kappa shape index (κ2) is 8.24. The standard InChI is InChI=1S/C21H18N2O7S2/c1-28-15-6-4-5-12-9-16(30-19(12)15)20(25)22-21-23(11-18(24)29-2)14-8-7-13(32(3,26)27)10-17(14)31-21/h4-10H,11H2,1-3H3. The molecule has 0 aliphatic rings. The molecule has 2 aromatic carbocycles. The van der Waals surface area contributed by atoms with Crippen LogP contribution in [0, 0.1) is 0 Å². The lowest BCUT2D eigenvalue weighted by Crippen LogP contribution is -2.22. The molecule has 1 amide bonds. The molecule has 0 spiro atoms. The SMILES string of the molecule is COC(=O)Cn1c(=NC(=O)c2cc3cccc(OC)c3o2)sc2cc(S(C)(=O)=O)ccc21. The van der Waals surface area contributed by atoms with E-state index in [0.29, 0.717) is 26.9 Å². The van der Waals surface area contributed by atoms with E-state index in [9.17, 15) is 18.0 Å². The van der Waals surface area contributed by atoms with E-state index >= 15 is 0 Å². The Kier molecular flexibility index (Phi) is 5.61. The molecule has 0 radical (unpaired) electrons. The van der Waals surface area contributed by atoms with Crippen molar-refractivity contribution in [1.29, 1.82) is 0 Å². The Hall–Kier alpha value is -3.44. The van der Waals surface area contributed by atoms with Crippen molar-refractivity contribution in [2.24, 2.45) is 4.99 Å². The third-order valence-electron chi connectivity index (χ3n) is 4.73. The van der Waals surface area contributed by atoms with Gasteiger partial charge in [-0.2, -0.15) is 4.99 Å². The number of hydrogen-bond donors (Lipinski definition) is 0. The van der Waals surface area contributed by atoms with Gasteiger partial charge < -0.3 is 18.5 Å². The summed E-state index contributed by atoms with van der Waals surface area (Å²) in [5, 5.41) is 0.680. The summed E-state index contributed by atoms with van der Waals surface area (Å²) in [6.07, 6.45) is 1.11. The van der Waals surface area contributed by atoms with Crippen LogP contribution in [0.3, 0.4) is 0 Å². The van der Waals surface area contributed by atoms with Crippen LogP contribution in [-0.4, -0.2) is 45.3 Å². The average molecular weight is 475 g/mol. The summed E-state index contributed by atoms with van der Waals surface area (Å²) in [6, 6.07) is 11.3. The van der Waals surface area contributed by atoms with Crippen molar-refractivity contribution in [2.75, 3.05) is 20.5 Å². The number of amides is 1. The van der Waals surface area contributed by atoms with Gasteiger partial charge in [0.2, 0.25) is 0 Å². The van der Waals surface area contributed by atoms with Crippen LogP contribution in [0.5, 0.6) is 5.75 Å². The lowest BCUT2D eigenvalue weighted by atomic mass is 10.2. The minimum absolute atomic E-state index is 0.00315. The van der Waals surface area contributed by atoms with Crippen LogP contribution < -0.4 is 9.54 Å². The number of nitrogens with zero attached hydrogens (tertiary/aromatic N) is 2. The third kappa shape index (κ3) is 4.04. The number of ether oxygens (including phenoxy) is 2. The van der Waals surface area contributed by atoms with E-state index in [4.69, 9.17) is 13.9 Å². The molecule has 4 rings (SSSR count). The van der Waals surface area contributed by atoms with Gasteiger partial charge in [-0.05, 0) is 30.3 Å². The molecule has 2 aromatic heterocycles. The minimum atomic E-state index is -3.43. The van der Waals surface area contributed by atoms with Gasteiger partial charge >= 0.3 is 11.9 Å². The smallest absolute Gasteiger partial charge is 0.325 e. The number of esters is 1. The molecular weight excluding hydrogens is 456 g/mol. The molecule has 0 saturated heterocycles. The van der Waals surface area contributed by atoms with Crippen molar-refractivity contribution in [2.45, 2.75) is 11.4 Å². The zero-order valence-corrected chi connectivity index (χ0v) is 19.0. The summed E-state index contributed by atoms with van der Waals surface area (Å²) < 4.78 is 41.5. The van der Waals surface area contributed by atoms with Crippen LogP contribution in [0.15, 0.2) is 56.8 Å². The van der Waals surface area contributed by atoms with Crippen molar-refractivity contribution in [3.63, 3.8) is 0 Å². The van der Waals surface area contributed by atoms with Gasteiger partial charge in [-0.25, -0.2) is 8.42 Å². The van der Waals surface area contributed by atoms with Crippen molar-refractivity contribution >= 4 is 54.2 Å². The molecule has 2 heterocycles. The molecule has 166 valence electrons. The maximum absolute atomic E-state index is 12.9.